The van der Waals surface area contributed by atoms with E-state index in [4.69, 9.17) is 0 Å². The Morgan fingerprint density at radius 2 is 1.62 bits per heavy atom. The predicted molar refractivity (Wildman–Crippen MR) is 103 cm³/mol. The van der Waals surface area contributed by atoms with E-state index in [0.717, 1.165) is 5.56 Å². The number of hydroxylamine groups is 1. The number of carbonyl (C=O) groups excluding carboxylic acids is 1. The second kappa shape index (κ2) is 8.43. The van der Waals surface area contributed by atoms with Crippen LogP contribution in [0.25, 0.3) is 0 Å². The molecule has 0 spiro atoms. The number of hydrogen-bond acceptors (Lipinski definition) is 4. The molecular weight excluding hydrogens is 328 g/mol. The molecule has 0 saturated heterocycles. The van der Waals surface area contributed by atoms with Crippen molar-refractivity contribution < 1.29 is 14.7 Å². The molecule has 0 aliphatic rings. The molecule has 2 rings (SSSR count). The van der Waals surface area contributed by atoms with Gasteiger partial charge in [0.1, 0.15) is 0 Å². The number of rotatable bonds is 6. The number of ketones is 1. The Morgan fingerprint density at radius 3 is 2.12 bits per heavy atom. The highest BCUT2D eigenvalue weighted by Crippen LogP contribution is 2.16. The van der Waals surface area contributed by atoms with Gasteiger partial charge in [-0.15, -0.1) is 0 Å². The molecule has 1 atom stereocenters. The second-order valence-corrected chi connectivity index (χ2v) is 6.65. The summed E-state index contributed by atoms with van der Waals surface area (Å²) in [6.07, 6.45) is 0. The van der Waals surface area contributed by atoms with Gasteiger partial charge >= 0.3 is 0 Å². The Kier molecular flexibility index (Phi) is 6.28. The lowest BCUT2D eigenvalue weighted by Gasteiger charge is -2.22. The van der Waals surface area contributed by atoms with Crippen molar-refractivity contribution >= 4 is 17.2 Å². The summed E-state index contributed by atoms with van der Waals surface area (Å²) in [5.41, 5.74) is 2.44. The van der Waals surface area contributed by atoms with Crippen molar-refractivity contribution in [1.82, 2.24) is 0 Å². The zero-order valence-corrected chi connectivity index (χ0v) is 15.5. The fourth-order valence-corrected chi connectivity index (χ4v) is 2.82. The van der Waals surface area contributed by atoms with E-state index < -0.39 is 6.04 Å². The summed E-state index contributed by atoms with van der Waals surface area (Å²) in [5.74, 6) is -0.504. The summed E-state index contributed by atoms with van der Waals surface area (Å²) in [5, 5.41) is 25.9. The van der Waals surface area contributed by atoms with Gasteiger partial charge < -0.3 is 10.4 Å². The SMILES string of the molecule is CC(C(=O)c1ccc(C)cc1)=[N+]([O-])C(C(=NO)c1ccccc1)C(C)C. The first-order chi connectivity index (χ1) is 12.4. The summed E-state index contributed by atoms with van der Waals surface area (Å²) in [4.78, 5) is 12.7. The highest BCUT2D eigenvalue weighted by molar-refractivity contribution is 6.43. The van der Waals surface area contributed by atoms with Gasteiger partial charge in [0, 0.05) is 24.0 Å². The van der Waals surface area contributed by atoms with E-state index in [1.165, 1.54) is 6.92 Å². The molecular formula is C21H24N2O3. The molecule has 1 unspecified atom stereocenters. The summed E-state index contributed by atoms with van der Waals surface area (Å²) in [6, 6.07) is 15.3. The minimum Gasteiger partial charge on any atom is -0.623 e. The average molecular weight is 352 g/mol. The normalized spacial score (nSPS) is 14.1. The Bertz CT molecular complexity index is 822. The van der Waals surface area contributed by atoms with Crippen molar-refractivity contribution in [1.29, 1.82) is 0 Å². The lowest BCUT2D eigenvalue weighted by Crippen LogP contribution is -2.40. The monoisotopic (exact) mass is 352 g/mol. The van der Waals surface area contributed by atoms with Crippen LogP contribution in [0.5, 0.6) is 0 Å². The first kappa shape index (κ1) is 19.4. The first-order valence-corrected chi connectivity index (χ1v) is 8.55. The van der Waals surface area contributed by atoms with E-state index >= 15 is 0 Å². The van der Waals surface area contributed by atoms with Crippen molar-refractivity contribution in [3.05, 3.63) is 76.5 Å². The summed E-state index contributed by atoms with van der Waals surface area (Å²) < 4.78 is 0.662. The lowest BCUT2D eigenvalue weighted by molar-refractivity contribution is -0.488. The summed E-state index contributed by atoms with van der Waals surface area (Å²) in [7, 11) is 0. The minimum atomic E-state index is -0.781. The van der Waals surface area contributed by atoms with Gasteiger partial charge in [0.2, 0.25) is 11.8 Å². The third kappa shape index (κ3) is 4.17. The van der Waals surface area contributed by atoms with Gasteiger partial charge in [-0.2, -0.15) is 4.74 Å². The van der Waals surface area contributed by atoms with Crippen molar-refractivity contribution in [3.63, 3.8) is 0 Å². The van der Waals surface area contributed by atoms with Gasteiger partial charge in [0.15, 0.2) is 5.71 Å². The van der Waals surface area contributed by atoms with E-state index in [0.29, 0.717) is 15.9 Å². The fourth-order valence-electron chi connectivity index (χ4n) is 2.82. The molecule has 0 aliphatic carbocycles. The number of benzene rings is 2. The molecule has 136 valence electrons. The van der Waals surface area contributed by atoms with Crippen LogP contribution in [0.1, 0.15) is 42.3 Å². The average Bonchev–Trinajstić information content (AvgIpc) is 2.65. The summed E-state index contributed by atoms with van der Waals surface area (Å²) in [6.45, 7) is 7.15. The number of oxime groups is 1. The minimum absolute atomic E-state index is 0.0598. The zero-order chi connectivity index (χ0) is 19.3. The number of Topliss-reactive ketones (excluding diaryl/α,β-unsaturated/α-hetero) is 1. The third-order valence-electron chi connectivity index (χ3n) is 4.31. The van der Waals surface area contributed by atoms with Crippen LogP contribution >= 0.6 is 0 Å². The Labute approximate surface area is 153 Å². The van der Waals surface area contributed by atoms with Crippen LogP contribution in [0, 0.1) is 18.0 Å². The molecule has 5 nitrogen and oxygen atoms in total. The predicted octanol–water partition coefficient (Wildman–Crippen LogP) is 4.05. The molecule has 2 aromatic carbocycles. The van der Waals surface area contributed by atoms with Crippen LogP contribution in [0.4, 0.5) is 0 Å². The van der Waals surface area contributed by atoms with Crippen molar-refractivity contribution in [3.8, 4) is 0 Å². The van der Waals surface area contributed by atoms with Gasteiger partial charge in [-0.05, 0) is 6.92 Å². The Morgan fingerprint density at radius 1 is 1.04 bits per heavy atom. The maximum absolute atomic E-state index is 13.0. The molecule has 0 aliphatic heterocycles. The van der Waals surface area contributed by atoms with E-state index in [1.807, 2.05) is 39.0 Å². The second-order valence-electron chi connectivity index (χ2n) is 6.65. The third-order valence-corrected chi connectivity index (χ3v) is 4.31. The topological polar surface area (TPSA) is 75.7 Å². The molecule has 0 bridgehead atoms. The Hall–Kier alpha value is -2.95. The number of aryl methyl sites for hydroxylation is 1. The number of hydrogen-bond donors (Lipinski definition) is 1. The first-order valence-electron chi connectivity index (χ1n) is 8.55. The Balaban J connectivity index is 2.46. The van der Waals surface area contributed by atoms with E-state index in [2.05, 4.69) is 5.16 Å². The maximum Gasteiger partial charge on any atom is 0.252 e. The number of carbonyl (C=O) groups is 1. The molecule has 26 heavy (non-hydrogen) atoms. The maximum atomic E-state index is 13.0. The molecule has 1 N–H and O–H groups in total. The van der Waals surface area contributed by atoms with Crippen LogP contribution in [0.15, 0.2) is 59.8 Å². The smallest absolute Gasteiger partial charge is 0.252 e. The van der Waals surface area contributed by atoms with Gasteiger partial charge in [0.05, 0.1) is 0 Å². The zero-order valence-electron chi connectivity index (χ0n) is 15.5. The van der Waals surface area contributed by atoms with Crippen molar-refractivity contribution in [2.24, 2.45) is 11.1 Å². The van der Waals surface area contributed by atoms with Crippen LogP contribution in [-0.2, 0) is 0 Å². The van der Waals surface area contributed by atoms with Crippen molar-refractivity contribution in [2.75, 3.05) is 0 Å². The molecule has 5 heteroatoms. The molecule has 0 fully saturated rings. The molecule has 0 heterocycles. The van der Waals surface area contributed by atoms with Gasteiger partial charge in [-0.1, -0.05) is 79.2 Å². The number of nitrogens with zero attached hydrogens (tertiary/aromatic N) is 2. The highest BCUT2D eigenvalue weighted by atomic mass is 16.5. The fraction of sp³-hybridized carbons (Fsp3) is 0.286. The van der Waals surface area contributed by atoms with Gasteiger partial charge in [0.25, 0.3) is 5.78 Å². The quantitative estimate of drug-likeness (QED) is 0.213. The van der Waals surface area contributed by atoms with Crippen LogP contribution in [-0.4, -0.2) is 33.2 Å². The molecule has 0 radical (unpaired) electrons. The van der Waals surface area contributed by atoms with E-state index in [9.17, 15) is 15.2 Å². The molecule has 0 amide bonds. The van der Waals surface area contributed by atoms with Gasteiger partial charge in [-0.25, -0.2) is 0 Å². The van der Waals surface area contributed by atoms with Crippen molar-refractivity contribution in [2.45, 2.75) is 33.7 Å². The van der Waals surface area contributed by atoms with Crippen LogP contribution < -0.4 is 0 Å². The largest absolute Gasteiger partial charge is 0.623 e. The summed E-state index contributed by atoms with van der Waals surface area (Å²) >= 11 is 0. The van der Waals surface area contributed by atoms with E-state index in [1.54, 1.807) is 36.4 Å². The molecule has 0 saturated carbocycles. The standard InChI is InChI=1S/C21H24N2O3/c1-14(2)20(19(22-25)17-8-6-5-7-9-17)23(26)16(4)21(24)18-12-10-15(3)11-13-18/h5-14,20,25H,1-4H3. The van der Waals surface area contributed by atoms with Crippen LogP contribution in [0.3, 0.4) is 0 Å². The molecule has 2 aromatic rings. The van der Waals surface area contributed by atoms with Crippen LogP contribution in [0.2, 0.25) is 0 Å². The molecule has 0 aromatic heterocycles. The lowest BCUT2D eigenvalue weighted by atomic mass is 9.94. The highest BCUT2D eigenvalue weighted by Gasteiger charge is 2.32. The van der Waals surface area contributed by atoms with E-state index in [-0.39, 0.29) is 23.1 Å². The van der Waals surface area contributed by atoms with Gasteiger partial charge in [-0.3, -0.25) is 4.79 Å².